The summed E-state index contributed by atoms with van der Waals surface area (Å²) in [4.78, 5) is 27.2. The van der Waals surface area contributed by atoms with Crippen molar-refractivity contribution in [3.8, 4) is 40.2 Å². The van der Waals surface area contributed by atoms with E-state index in [1.54, 1.807) is 35.1 Å². The summed E-state index contributed by atoms with van der Waals surface area (Å²) in [6.07, 6.45) is 0.285. The lowest BCUT2D eigenvalue weighted by Gasteiger charge is -2.35. The Hall–Kier alpha value is -6.10. The first-order chi connectivity index (χ1) is 32.2. The molecule has 6 aromatic rings. The van der Waals surface area contributed by atoms with Gasteiger partial charge in [-0.05, 0) is 55.4 Å². The average Bonchev–Trinajstić information content (AvgIpc) is 4.07. The topological polar surface area (TPSA) is 170 Å². The highest BCUT2D eigenvalue weighted by Crippen LogP contribution is 2.51. The number of hydrogen-bond donors (Lipinski definition) is 2. The van der Waals surface area contributed by atoms with E-state index in [2.05, 4.69) is 22.6 Å². The minimum Gasteiger partial charge on any atom is -0.486 e. The molecule has 3 aliphatic rings. The van der Waals surface area contributed by atoms with Crippen LogP contribution in [-0.2, 0) is 22.3 Å². The van der Waals surface area contributed by atoms with Crippen LogP contribution in [0.4, 0.5) is 28.4 Å². The average molecular weight is 941 g/mol. The Labute approximate surface area is 389 Å². The molecular weight excluding hydrogens is 889 g/mol. The molecule has 3 aromatic heterocycles. The zero-order valence-corrected chi connectivity index (χ0v) is 38.5. The third-order valence-electron chi connectivity index (χ3n) is 13.0. The molecule has 0 aliphatic carbocycles. The van der Waals surface area contributed by atoms with Gasteiger partial charge in [-0.2, -0.15) is 28.4 Å². The van der Waals surface area contributed by atoms with Gasteiger partial charge in [0.25, 0.3) is 0 Å². The first-order valence-electron chi connectivity index (χ1n) is 22.8. The number of aromatic nitrogens is 5. The Morgan fingerprint density at radius 2 is 1.88 bits per heavy atom. The Kier molecular flexibility index (Phi) is 13.0. The van der Waals surface area contributed by atoms with Gasteiger partial charge in [0.05, 0.1) is 35.2 Å². The second-order valence-corrected chi connectivity index (χ2v) is 18.9. The molecule has 3 aromatic carbocycles. The van der Waals surface area contributed by atoms with Crippen LogP contribution in [0.5, 0.6) is 11.8 Å². The number of carbonyl (C=O) groups is 1. The fourth-order valence-electron chi connectivity index (χ4n) is 9.48. The number of anilines is 2. The van der Waals surface area contributed by atoms with E-state index in [0.717, 1.165) is 42.7 Å². The van der Waals surface area contributed by atoms with Crippen LogP contribution in [0.3, 0.4) is 0 Å². The number of nitrogens with two attached hydrogens (primary N) is 1. The lowest BCUT2D eigenvalue weighted by Crippen LogP contribution is -2.50. The summed E-state index contributed by atoms with van der Waals surface area (Å²) in [5.74, 6) is -0.767. The lowest BCUT2D eigenvalue weighted by atomic mass is 9.92. The highest BCUT2D eigenvalue weighted by molar-refractivity contribution is 7.23. The predicted molar refractivity (Wildman–Crippen MR) is 247 cm³/mol. The van der Waals surface area contributed by atoms with Gasteiger partial charge in [0.2, 0.25) is 5.91 Å². The second kappa shape index (κ2) is 18.9. The zero-order valence-electron chi connectivity index (χ0n) is 37.7. The van der Waals surface area contributed by atoms with Gasteiger partial charge in [0, 0.05) is 73.0 Å². The first kappa shape index (κ1) is 46.0. The number of benzene rings is 3. The monoisotopic (exact) mass is 940 g/mol. The van der Waals surface area contributed by atoms with E-state index in [4.69, 9.17) is 29.9 Å². The zero-order chi connectivity index (χ0) is 47.1. The molecule has 9 rings (SSSR count). The number of carbonyl (C=O) groups excluding carboxylic acids is 1. The maximum absolute atomic E-state index is 15.8. The van der Waals surface area contributed by atoms with Crippen LogP contribution >= 0.6 is 11.3 Å². The molecule has 3 unspecified atom stereocenters. The third kappa shape index (κ3) is 9.06. The number of alkyl halides is 3. The number of nitrogens with one attached hydrogen (secondary N) is 1. The van der Waals surface area contributed by atoms with Crippen LogP contribution in [-0.4, -0.2) is 93.3 Å². The molecule has 3 aliphatic heterocycles. The van der Waals surface area contributed by atoms with Crippen molar-refractivity contribution in [1.29, 1.82) is 5.26 Å². The molecule has 19 heteroatoms. The molecule has 352 valence electrons. The second-order valence-electron chi connectivity index (χ2n) is 17.8. The number of ether oxygens (including phenoxy) is 3. The van der Waals surface area contributed by atoms with E-state index in [1.807, 2.05) is 36.6 Å². The molecule has 3 atom stereocenters. The number of piperazine rings is 1. The van der Waals surface area contributed by atoms with Crippen LogP contribution in [0.25, 0.3) is 43.4 Å². The number of likely N-dealkylation sites (tertiary alicyclic amines) is 1. The van der Waals surface area contributed by atoms with Crippen LogP contribution in [0.15, 0.2) is 48.7 Å². The van der Waals surface area contributed by atoms with Gasteiger partial charge in [0.15, 0.2) is 5.75 Å². The van der Waals surface area contributed by atoms with Crippen molar-refractivity contribution in [3.05, 3.63) is 71.2 Å². The fourth-order valence-corrected chi connectivity index (χ4v) is 10.4. The van der Waals surface area contributed by atoms with E-state index in [9.17, 15) is 10.1 Å². The molecule has 0 saturated carbocycles. The van der Waals surface area contributed by atoms with Crippen molar-refractivity contribution >= 4 is 49.1 Å². The molecule has 0 spiro atoms. The highest BCUT2D eigenvalue weighted by Gasteiger charge is 2.40. The molecule has 3 saturated heterocycles. The van der Waals surface area contributed by atoms with Gasteiger partial charge in [0.1, 0.15) is 52.7 Å². The fraction of sp³-hybridized carbons (Fsp3) is 0.458. The van der Waals surface area contributed by atoms with Crippen molar-refractivity contribution in [1.82, 2.24) is 35.2 Å². The summed E-state index contributed by atoms with van der Waals surface area (Å²) >= 11 is 0.788. The Bertz CT molecular complexity index is 2840. The number of thiophene rings is 1. The number of hydrogen-bond acceptors (Lipinski definition) is 13. The minimum absolute atomic E-state index is 0.0101. The van der Waals surface area contributed by atoms with E-state index in [1.165, 1.54) is 6.07 Å². The lowest BCUT2D eigenvalue weighted by molar-refractivity contribution is -0.137. The maximum atomic E-state index is 15.8. The normalized spacial score (nSPS) is 18.8. The number of nitrogen functional groups attached to an aromatic ring is 1. The number of rotatable bonds is 12. The van der Waals surface area contributed by atoms with E-state index >= 15 is 17.6 Å². The molecule has 6 heterocycles. The van der Waals surface area contributed by atoms with E-state index < -0.39 is 29.2 Å². The molecule has 3 N–H and O–H groups in total. The standard InChI is InChI=1S/C48H52F4N10O4S/c1-5-30-23-60(18-16-55-30)45-33-21-35(48(50,51)52)39(32-12-13-36(49)43-38(32)34(22-53)44(54)67-43)42(40(33)56-47(57-45)66-31-14-19-64-20-15-31)65-25-28-8-10-29(11-9-28)37-24-62(59-58-37)41(26(2)3)46(63)61-17-6-7-27(61)4/h8-13,21,24,26-27,30-31,41,55H,5-7,14-20,23,25,54H2,1-4H3. The summed E-state index contributed by atoms with van der Waals surface area (Å²) in [7, 11) is 0. The molecular formula is C48H52F4N10O4S. The molecule has 3 fully saturated rings. The van der Waals surface area contributed by atoms with Crippen molar-refractivity contribution in [3.63, 3.8) is 0 Å². The Morgan fingerprint density at radius 3 is 2.57 bits per heavy atom. The smallest absolute Gasteiger partial charge is 0.417 e. The van der Waals surface area contributed by atoms with Crippen molar-refractivity contribution in [2.24, 2.45) is 5.92 Å². The number of nitriles is 1. The maximum Gasteiger partial charge on any atom is 0.417 e. The third-order valence-corrected chi connectivity index (χ3v) is 14.1. The predicted octanol–water partition coefficient (Wildman–Crippen LogP) is 8.91. The van der Waals surface area contributed by atoms with Crippen LogP contribution in [0.2, 0.25) is 0 Å². The summed E-state index contributed by atoms with van der Waals surface area (Å²) in [6, 6.07) is 12.1. The summed E-state index contributed by atoms with van der Waals surface area (Å²) < 4.78 is 83.2. The molecule has 0 bridgehead atoms. The summed E-state index contributed by atoms with van der Waals surface area (Å²) in [6.45, 7) is 10.9. The molecule has 1 amide bonds. The largest absolute Gasteiger partial charge is 0.486 e. The summed E-state index contributed by atoms with van der Waals surface area (Å²) in [5.41, 5.74) is 6.34. The SMILES string of the molecule is CCC1CN(c2nc(OC3CCOCC3)nc3c(OCc4ccc(-c5cn(C(C(=O)N6CCCC6C)C(C)C)nn5)cc4)c(-c4ccc(F)c5sc(N)c(C#N)c45)c(C(F)(F)F)cc23)CCN1. The van der Waals surface area contributed by atoms with Crippen LogP contribution < -0.4 is 25.4 Å². The van der Waals surface area contributed by atoms with Gasteiger partial charge in [-0.3, -0.25) is 4.79 Å². The van der Waals surface area contributed by atoms with E-state index in [-0.39, 0.29) is 91.3 Å². The van der Waals surface area contributed by atoms with Crippen LogP contribution in [0.1, 0.15) is 82.5 Å². The Balaban J connectivity index is 1.17. The summed E-state index contributed by atoms with van der Waals surface area (Å²) in [5, 5.41) is 22.5. The first-order valence-corrected chi connectivity index (χ1v) is 23.6. The van der Waals surface area contributed by atoms with Gasteiger partial charge in [-0.25, -0.2) is 9.07 Å². The molecule has 0 radical (unpaired) electrons. The number of halogens is 4. The van der Waals surface area contributed by atoms with Gasteiger partial charge in [-0.1, -0.05) is 56.3 Å². The minimum atomic E-state index is -4.98. The van der Waals surface area contributed by atoms with E-state index in [0.29, 0.717) is 69.1 Å². The van der Waals surface area contributed by atoms with Gasteiger partial charge < -0.3 is 35.1 Å². The molecule has 67 heavy (non-hydrogen) atoms. The quantitative estimate of drug-likeness (QED) is 0.112. The van der Waals surface area contributed by atoms with Gasteiger partial charge in [-0.15, -0.1) is 16.4 Å². The van der Waals surface area contributed by atoms with Crippen molar-refractivity contribution in [2.45, 2.75) is 96.8 Å². The number of fused-ring (bicyclic) bond motifs is 2. The Morgan fingerprint density at radius 1 is 1.10 bits per heavy atom. The number of nitrogens with zero attached hydrogens (tertiary/aromatic N) is 8. The van der Waals surface area contributed by atoms with Gasteiger partial charge >= 0.3 is 12.2 Å². The van der Waals surface area contributed by atoms with Crippen molar-refractivity contribution in [2.75, 3.05) is 50.0 Å². The molecule has 14 nitrogen and oxygen atoms in total. The van der Waals surface area contributed by atoms with Crippen LogP contribution in [0, 0.1) is 23.1 Å². The number of amides is 1. The van der Waals surface area contributed by atoms with Crippen molar-refractivity contribution < 1.29 is 36.6 Å². The highest BCUT2D eigenvalue weighted by atomic mass is 32.1.